The Morgan fingerprint density at radius 3 is 2.00 bits per heavy atom. The molecule has 0 radical (unpaired) electrons. The second kappa shape index (κ2) is 2.52. The van der Waals surface area contributed by atoms with E-state index >= 15 is 0 Å². The maximum absolute atomic E-state index is 11.3. The van der Waals surface area contributed by atoms with Crippen molar-refractivity contribution in [2.24, 2.45) is 5.73 Å². The minimum absolute atomic E-state index is 0.486. The first-order valence-electron chi connectivity index (χ1n) is 2.02. The van der Waals surface area contributed by atoms with E-state index in [1.165, 1.54) is 0 Å². The molecular formula is C4H5F3N2. The molecule has 0 aliphatic heterocycles. The van der Waals surface area contributed by atoms with Gasteiger partial charge in [0.1, 0.15) is 5.70 Å². The lowest BCUT2D eigenvalue weighted by atomic mass is 10.4. The molecule has 0 atom stereocenters. The lowest BCUT2D eigenvalue weighted by Crippen LogP contribution is -2.19. The molecule has 0 unspecified atom stereocenters. The van der Waals surface area contributed by atoms with Gasteiger partial charge in [-0.3, -0.25) is 0 Å². The summed E-state index contributed by atoms with van der Waals surface area (Å²) in [5.74, 6) is 0. The maximum atomic E-state index is 11.3. The van der Waals surface area contributed by atoms with Crippen molar-refractivity contribution < 1.29 is 13.2 Å². The zero-order valence-corrected chi connectivity index (χ0v) is 4.37. The van der Waals surface area contributed by atoms with Crippen LogP contribution in [0.15, 0.2) is 11.8 Å². The third-order valence-corrected chi connectivity index (χ3v) is 0.590. The van der Waals surface area contributed by atoms with E-state index in [-0.39, 0.29) is 0 Å². The molecule has 5 heteroatoms. The highest BCUT2D eigenvalue weighted by Crippen LogP contribution is 2.20. The molecule has 0 rings (SSSR count). The van der Waals surface area contributed by atoms with Gasteiger partial charge in [-0.05, 0) is 6.08 Å². The SMILES string of the molecule is N=C/C=C(\N)C(F)(F)F. The summed E-state index contributed by atoms with van der Waals surface area (Å²) in [4.78, 5) is 0. The first-order valence-corrected chi connectivity index (χ1v) is 2.02. The normalized spacial score (nSPS) is 13.4. The summed E-state index contributed by atoms with van der Waals surface area (Å²) in [6.45, 7) is 0. The van der Waals surface area contributed by atoms with Crippen LogP contribution in [0.2, 0.25) is 0 Å². The molecule has 52 valence electrons. The van der Waals surface area contributed by atoms with Crippen molar-refractivity contribution in [2.45, 2.75) is 6.18 Å². The summed E-state index contributed by atoms with van der Waals surface area (Å²) in [7, 11) is 0. The molecule has 0 aromatic carbocycles. The quantitative estimate of drug-likeness (QED) is 0.522. The molecular weight excluding hydrogens is 133 g/mol. The van der Waals surface area contributed by atoms with Crippen LogP contribution >= 0.6 is 0 Å². The van der Waals surface area contributed by atoms with Gasteiger partial charge < -0.3 is 11.1 Å². The van der Waals surface area contributed by atoms with Crippen LogP contribution in [0, 0.1) is 5.41 Å². The molecule has 3 N–H and O–H groups in total. The molecule has 0 saturated heterocycles. The van der Waals surface area contributed by atoms with Crippen LogP contribution in [-0.2, 0) is 0 Å². The van der Waals surface area contributed by atoms with Crippen LogP contribution < -0.4 is 5.73 Å². The van der Waals surface area contributed by atoms with Gasteiger partial charge in [0.05, 0.1) is 0 Å². The van der Waals surface area contributed by atoms with E-state index < -0.39 is 11.9 Å². The Labute approximate surface area is 49.7 Å². The molecule has 0 saturated carbocycles. The topological polar surface area (TPSA) is 49.9 Å². The van der Waals surface area contributed by atoms with Gasteiger partial charge in [0.25, 0.3) is 0 Å². The second-order valence-corrected chi connectivity index (χ2v) is 1.29. The van der Waals surface area contributed by atoms with Crippen LogP contribution in [0.4, 0.5) is 13.2 Å². The van der Waals surface area contributed by atoms with E-state index in [0.717, 1.165) is 0 Å². The first kappa shape index (κ1) is 8.00. The van der Waals surface area contributed by atoms with Gasteiger partial charge in [0.2, 0.25) is 0 Å². The third-order valence-electron chi connectivity index (χ3n) is 0.590. The lowest BCUT2D eigenvalue weighted by molar-refractivity contribution is -0.0925. The average molecular weight is 138 g/mol. The van der Waals surface area contributed by atoms with Gasteiger partial charge in [-0.25, -0.2) is 0 Å². The van der Waals surface area contributed by atoms with E-state index in [9.17, 15) is 13.2 Å². The van der Waals surface area contributed by atoms with Crippen LogP contribution in [-0.4, -0.2) is 12.4 Å². The van der Waals surface area contributed by atoms with E-state index in [1.54, 1.807) is 0 Å². The summed E-state index contributed by atoms with van der Waals surface area (Å²) in [5.41, 5.74) is 3.19. The van der Waals surface area contributed by atoms with Crippen molar-refractivity contribution in [2.75, 3.05) is 0 Å². The Balaban J connectivity index is 4.19. The molecule has 9 heavy (non-hydrogen) atoms. The van der Waals surface area contributed by atoms with Gasteiger partial charge in [-0.2, -0.15) is 13.2 Å². The van der Waals surface area contributed by atoms with E-state index in [2.05, 4.69) is 5.73 Å². The Kier molecular flexibility index (Phi) is 2.24. The molecule has 2 nitrogen and oxygen atoms in total. The summed E-state index contributed by atoms with van der Waals surface area (Å²) >= 11 is 0. The molecule has 0 amide bonds. The number of alkyl halides is 3. The highest BCUT2D eigenvalue weighted by atomic mass is 19.4. The van der Waals surface area contributed by atoms with Crippen LogP contribution in [0.1, 0.15) is 0 Å². The largest absolute Gasteiger partial charge is 0.430 e. The fraction of sp³-hybridized carbons (Fsp3) is 0.250. The van der Waals surface area contributed by atoms with Gasteiger partial charge in [0, 0.05) is 6.21 Å². The van der Waals surface area contributed by atoms with Crippen molar-refractivity contribution >= 4 is 6.21 Å². The zero-order chi connectivity index (χ0) is 7.49. The van der Waals surface area contributed by atoms with Crippen molar-refractivity contribution in [1.29, 1.82) is 5.41 Å². The number of nitrogens with one attached hydrogen (secondary N) is 1. The summed E-state index contributed by atoms with van der Waals surface area (Å²) in [5, 5.41) is 6.23. The van der Waals surface area contributed by atoms with Crippen LogP contribution in [0.5, 0.6) is 0 Å². The standard InChI is InChI=1S/C4H5F3N2/c5-4(6,7)3(9)1-2-8/h1-2,8H,9H2/b3-1-,8-2?. The fourth-order valence-electron chi connectivity index (χ4n) is 0.184. The molecule has 0 aliphatic rings. The summed E-state index contributed by atoms with van der Waals surface area (Å²) in [6, 6.07) is 0. The number of halogens is 3. The van der Waals surface area contributed by atoms with Crippen LogP contribution in [0.25, 0.3) is 0 Å². The third kappa shape index (κ3) is 2.73. The van der Waals surface area contributed by atoms with Gasteiger partial charge in [0.15, 0.2) is 0 Å². The smallest absolute Gasteiger partial charge is 0.395 e. The molecule has 0 aromatic rings. The van der Waals surface area contributed by atoms with Crippen molar-refractivity contribution in [3.05, 3.63) is 11.8 Å². The Bertz CT molecular complexity index is 135. The minimum Gasteiger partial charge on any atom is -0.395 e. The number of nitrogens with two attached hydrogens (primary N) is 1. The zero-order valence-electron chi connectivity index (χ0n) is 4.37. The second-order valence-electron chi connectivity index (χ2n) is 1.29. The monoisotopic (exact) mass is 138 g/mol. The summed E-state index contributed by atoms with van der Waals surface area (Å²) < 4.78 is 34.0. The molecule has 0 aromatic heterocycles. The fourth-order valence-corrected chi connectivity index (χ4v) is 0.184. The predicted octanol–water partition coefficient (Wildman–Crippen LogP) is 1.04. The first-order chi connectivity index (χ1) is 3.98. The van der Waals surface area contributed by atoms with E-state index in [1.807, 2.05) is 0 Å². The molecule has 0 spiro atoms. The Morgan fingerprint density at radius 1 is 1.44 bits per heavy atom. The van der Waals surface area contributed by atoms with Crippen LogP contribution in [0.3, 0.4) is 0 Å². The van der Waals surface area contributed by atoms with Gasteiger partial charge in [-0.1, -0.05) is 0 Å². The van der Waals surface area contributed by atoms with E-state index in [4.69, 9.17) is 5.41 Å². The highest BCUT2D eigenvalue weighted by molar-refractivity contribution is 5.68. The van der Waals surface area contributed by atoms with Crippen molar-refractivity contribution in [3.63, 3.8) is 0 Å². The lowest BCUT2D eigenvalue weighted by Gasteiger charge is -2.03. The molecule has 0 fully saturated rings. The van der Waals surface area contributed by atoms with Crippen molar-refractivity contribution in [1.82, 2.24) is 0 Å². The predicted molar refractivity (Wildman–Crippen MR) is 27.1 cm³/mol. The number of hydrogen-bond acceptors (Lipinski definition) is 2. The summed E-state index contributed by atoms with van der Waals surface area (Å²) in [6.07, 6.45) is -3.53. The maximum Gasteiger partial charge on any atom is 0.430 e. The molecule has 0 aliphatic carbocycles. The number of hydrogen-bond donors (Lipinski definition) is 2. The molecule has 0 bridgehead atoms. The van der Waals surface area contributed by atoms with E-state index in [0.29, 0.717) is 12.3 Å². The molecule has 0 heterocycles. The van der Waals surface area contributed by atoms with Gasteiger partial charge in [-0.15, -0.1) is 0 Å². The Hall–Kier alpha value is -1.00. The van der Waals surface area contributed by atoms with Crippen molar-refractivity contribution in [3.8, 4) is 0 Å². The minimum atomic E-state index is -4.50. The number of allylic oxidation sites excluding steroid dienone is 2. The Morgan fingerprint density at radius 2 is 1.89 bits per heavy atom. The highest BCUT2D eigenvalue weighted by Gasteiger charge is 2.30. The van der Waals surface area contributed by atoms with Gasteiger partial charge >= 0.3 is 6.18 Å². The number of rotatable bonds is 1. The average Bonchev–Trinajstić information content (AvgIpc) is 1.64.